The molecule has 28 heavy (non-hydrogen) atoms. The highest BCUT2D eigenvalue weighted by Crippen LogP contribution is 2.25. The fourth-order valence-corrected chi connectivity index (χ4v) is 3.88. The molecule has 0 fully saturated rings. The first-order valence-corrected chi connectivity index (χ1v) is 10.00. The molecule has 0 radical (unpaired) electrons. The van der Waals surface area contributed by atoms with Crippen molar-refractivity contribution in [1.82, 2.24) is 4.98 Å². The van der Waals surface area contributed by atoms with Gasteiger partial charge < -0.3 is 0 Å². The Bertz CT molecular complexity index is 1290. The highest BCUT2D eigenvalue weighted by Gasteiger charge is 2.15. The molecular formula is C22H15N3O2S. The van der Waals surface area contributed by atoms with Crippen LogP contribution < -0.4 is 4.72 Å². The van der Waals surface area contributed by atoms with Gasteiger partial charge in [0.2, 0.25) is 0 Å². The molecule has 0 atom stereocenters. The molecule has 0 aliphatic heterocycles. The number of fused-ring (bicyclic) bond motifs is 1. The minimum absolute atomic E-state index is 0.156. The van der Waals surface area contributed by atoms with Crippen LogP contribution in [0.3, 0.4) is 0 Å². The van der Waals surface area contributed by atoms with E-state index in [4.69, 9.17) is 6.57 Å². The summed E-state index contributed by atoms with van der Waals surface area (Å²) in [5.41, 5.74) is 3.08. The van der Waals surface area contributed by atoms with Crippen molar-refractivity contribution in [3.05, 3.63) is 96.3 Å². The van der Waals surface area contributed by atoms with E-state index >= 15 is 0 Å². The van der Waals surface area contributed by atoms with Crippen LogP contribution >= 0.6 is 0 Å². The van der Waals surface area contributed by atoms with Crippen molar-refractivity contribution in [2.75, 3.05) is 4.72 Å². The van der Waals surface area contributed by atoms with E-state index < -0.39 is 10.0 Å². The van der Waals surface area contributed by atoms with Crippen molar-refractivity contribution in [2.24, 2.45) is 0 Å². The quantitative estimate of drug-likeness (QED) is 0.488. The van der Waals surface area contributed by atoms with Gasteiger partial charge in [0.1, 0.15) is 5.82 Å². The molecule has 4 rings (SSSR count). The third-order valence-electron chi connectivity index (χ3n) is 4.33. The zero-order valence-corrected chi connectivity index (χ0v) is 15.5. The summed E-state index contributed by atoms with van der Waals surface area (Å²) in [6.45, 7) is 7.00. The molecule has 3 aromatic carbocycles. The lowest BCUT2D eigenvalue weighted by molar-refractivity contribution is 0.601. The Kier molecular flexibility index (Phi) is 4.52. The molecule has 4 aromatic rings. The van der Waals surface area contributed by atoms with Crippen molar-refractivity contribution in [3.8, 4) is 11.1 Å². The van der Waals surface area contributed by atoms with Gasteiger partial charge in [-0.3, -0.25) is 4.72 Å². The van der Waals surface area contributed by atoms with Gasteiger partial charge >= 0.3 is 0 Å². The number of hydrogen-bond acceptors (Lipinski definition) is 3. The molecule has 0 saturated heterocycles. The number of aromatic nitrogens is 1. The Hall–Kier alpha value is -3.69. The van der Waals surface area contributed by atoms with Gasteiger partial charge in [-0.2, -0.15) is 0 Å². The molecule has 0 amide bonds. The van der Waals surface area contributed by atoms with Crippen molar-refractivity contribution >= 4 is 32.4 Å². The first kappa shape index (κ1) is 17.7. The van der Waals surface area contributed by atoms with E-state index in [1.807, 2.05) is 42.5 Å². The molecular weight excluding hydrogens is 370 g/mol. The molecule has 6 heteroatoms. The number of rotatable bonds is 4. The highest BCUT2D eigenvalue weighted by atomic mass is 32.2. The van der Waals surface area contributed by atoms with Crippen LogP contribution in [0.5, 0.6) is 0 Å². The zero-order valence-electron chi connectivity index (χ0n) is 14.7. The standard InChI is InChI=1S/C22H15N3O2S/c1-23-19-11-6-16(7-12-19)17-8-13-20(14-9-17)28(26,27)25-22-15-10-18-4-2-3-5-21(18)24-22/h2-15H,(H,24,25). The predicted octanol–water partition coefficient (Wildman–Crippen LogP) is 5.25. The average molecular weight is 385 g/mol. The lowest BCUT2D eigenvalue weighted by atomic mass is 10.1. The first-order valence-electron chi connectivity index (χ1n) is 8.52. The van der Waals surface area contributed by atoms with Gasteiger partial charge in [0, 0.05) is 5.39 Å². The summed E-state index contributed by atoms with van der Waals surface area (Å²) >= 11 is 0. The third kappa shape index (κ3) is 3.56. The van der Waals surface area contributed by atoms with Crippen LogP contribution in [0, 0.1) is 6.57 Å². The summed E-state index contributed by atoms with van der Waals surface area (Å²) < 4.78 is 27.9. The fourth-order valence-electron chi connectivity index (χ4n) is 2.87. The van der Waals surface area contributed by atoms with Gasteiger partial charge in [-0.05, 0) is 41.5 Å². The van der Waals surface area contributed by atoms with E-state index in [1.54, 1.807) is 42.5 Å². The minimum Gasteiger partial charge on any atom is -0.263 e. The van der Waals surface area contributed by atoms with Crippen molar-refractivity contribution in [3.63, 3.8) is 0 Å². The van der Waals surface area contributed by atoms with Crippen molar-refractivity contribution < 1.29 is 8.42 Å². The monoisotopic (exact) mass is 385 g/mol. The molecule has 1 aromatic heterocycles. The van der Waals surface area contributed by atoms with Crippen molar-refractivity contribution in [1.29, 1.82) is 0 Å². The molecule has 5 nitrogen and oxygen atoms in total. The fraction of sp³-hybridized carbons (Fsp3) is 0. The Morgan fingerprint density at radius 3 is 2.11 bits per heavy atom. The number of hydrogen-bond donors (Lipinski definition) is 1. The van der Waals surface area contributed by atoms with Crippen LogP contribution in [0.25, 0.3) is 26.9 Å². The molecule has 1 heterocycles. The van der Waals surface area contributed by atoms with Crippen LogP contribution in [-0.2, 0) is 10.0 Å². The first-order chi connectivity index (χ1) is 13.5. The topological polar surface area (TPSA) is 63.4 Å². The zero-order chi connectivity index (χ0) is 19.6. The maximum atomic E-state index is 12.7. The smallest absolute Gasteiger partial charge is 0.263 e. The lowest BCUT2D eigenvalue weighted by Gasteiger charge is -2.09. The van der Waals surface area contributed by atoms with Crippen LogP contribution in [0.1, 0.15) is 0 Å². The van der Waals surface area contributed by atoms with E-state index in [-0.39, 0.29) is 10.7 Å². The summed E-state index contributed by atoms with van der Waals surface area (Å²) in [5, 5.41) is 0.944. The number of benzene rings is 3. The lowest BCUT2D eigenvalue weighted by Crippen LogP contribution is -2.13. The predicted molar refractivity (Wildman–Crippen MR) is 111 cm³/mol. The van der Waals surface area contributed by atoms with Gasteiger partial charge in [0.25, 0.3) is 10.0 Å². The normalized spacial score (nSPS) is 11.1. The number of pyridine rings is 1. The molecule has 0 spiro atoms. The van der Waals surface area contributed by atoms with Gasteiger partial charge in [0.05, 0.1) is 17.0 Å². The SMILES string of the molecule is [C-]#[N+]c1ccc(-c2ccc(S(=O)(=O)Nc3ccc4ccccc4n3)cc2)cc1. The summed E-state index contributed by atoms with van der Waals surface area (Å²) in [6, 6.07) is 24.8. The third-order valence-corrected chi connectivity index (χ3v) is 5.70. The van der Waals surface area contributed by atoms with Gasteiger partial charge in [-0.15, -0.1) is 0 Å². The second-order valence-electron chi connectivity index (χ2n) is 6.18. The largest absolute Gasteiger partial charge is 0.263 e. The number of sulfonamides is 1. The summed E-state index contributed by atoms with van der Waals surface area (Å²) in [5.74, 6) is 0.275. The van der Waals surface area contributed by atoms with Crippen LogP contribution in [0.2, 0.25) is 0 Å². The van der Waals surface area contributed by atoms with Crippen molar-refractivity contribution in [2.45, 2.75) is 4.90 Å². The molecule has 1 N–H and O–H groups in total. The van der Waals surface area contributed by atoms with Crippen LogP contribution in [0.4, 0.5) is 11.5 Å². The van der Waals surface area contributed by atoms with Gasteiger partial charge in [-0.25, -0.2) is 18.2 Å². The van der Waals surface area contributed by atoms with E-state index in [9.17, 15) is 8.42 Å². The van der Waals surface area contributed by atoms with Crippen LogP contribution in [0.15, 0.2) is 89.8 Å². The second-order valence-corrected chi connectivity index (χ2v) is 7.86. The summed E-state index contributed by atoms with van der Waals surface area (Å²) in [7, 11) is -3.74. The number of nitrogens with zero attached hydrogens (tertiary/aromatic N) is 2. The van der Waals surface area contributed by atoms with E-state index in [1.165, 1.54) is 0 Å². The Morgan fingerprint density at radius 2 is 1.43 bits per heavy atom. The Balaban J connectivity index is 1.58. The molecule has 136 valence electrons. The number of anilines is 1. The average Bonchev–Trinajstić information content (AvgIpc) is 2.73. The minimum atomic E-state index is -3.74. The second kappa shape index (κ2) is 7.14. The Labute approximate surface area is 163 Å². The molecule has 0 aliphatic rings. The van der Waals surface area contributed by atoms with E-state index in [0.29, 0.717) is 5.69 Å². The molecule has 0 unspecified atom stereocenters. The van der Waals surface area contributed by atoms with E-state index in [2.05, 4.69) is 14.6 Å². The molecule has 0 saturated carbocycles. The highest BCUT2D eigenvalue weighted by molar-refractivity contribution is 7.92. The van der Waals surface area contributed by atoms with Crippen LogP contribution in [-0.4, -0.2) is 13.4 Å². The maximum absolute atomic E-state index is 12.7. The number of para-hydroxylation sites is 1. The van der Waals surface area contributed by atoms with Gasteiger partial charge in [0.15, 0.2) is 5.69 Å². The maximum Gasteiger partial charge on any atom is 0.263 e. The van der Waals surface area contributed by atoms with Gasteiger partial charge in [-0.1, -0.05) is 54.6 Å². The summed E-state index contributed by atoms with van der Waals surface area (Å²) in [6.07, 6.45) is 0. The molecule has 0 bridgehead atoms. The molecule has 0 aliphatic carbocycles. The number of nitrogens with one attached hydrogen (secondary N) is 1. The summed E-state index contributed by atoms with van der Waals surface area (Å²) in [4.78, 5) is 7.88. The van der Waals surface area contributed by atoms with E-state index in [0.717, 1.165) is 22.0 Å². The Morgan fingerprint density at radius 1 is 0.786 bits per heavy atom.